The van der Waals surface area contributed by atoms with Crippen LogP contribution in [0.2, 0.25) is 0 Å². The minimum atomic E-state index is -0.599. The van der Waals surface area contributed by atoms with E-state index in [1.807, 2.05) is 0 Å². The van der Waals surface area contributed by atoms with Gasteiger partial charge in [0.15, 0.2) is 5.78 Å². The van der Waals surface area contributed by atoms with Crippen LogP contribution in [-0.2, 0) is 14.4 Å². The lowest BCUT2D eigenvalue weighted by Gasteiger charge is -2.15. The molecule has 29 heavy (non-hydrogen) atoms. The fraction of sp³-hybridized carbons (Fsp3) is 0.792. The molecule has 0 bridgehead atoms. The molecule has 0 radical (unpaired) electrons. The quantitative estimate of drug-likeness (QED) is 0.210. The smallest absolute Gasteiger partial charge is 0.220 e. The fourth-order valence-electron chi connectivity index (χ4n) is 3.29. The average molecular weight is 409 g/mol. The topological polar surface area (TPSA) is 89.3 Å². The summed E-state index contributed by atoms with van der Waals surface area (Å²) in [5.74, 6) is -0.709. The number of rotatable bonds is 20. The Kier molecular flexibility index (Phi) is 18.5. The molecule has 3 N–H and O–H groups in total. The lowest BCUT2D eigenvalue weighted by Crippen LogP contribution is -2.40. The predicted octanol–water partition coefficient (Wildman–Crippen LogP) is 5.36. The second kappa shape index (κ2) is 19.7. The predicted molar refractivity (Wildman–Crippen MR) is 120 cm³/mol. The summed E-state index contributed by atoms with van der Waals surface area (Å²) in [4.78, 5) is 34.3. The lowest BCUT2D eigenvalue weighted by molar-refractivity contribution is -0.127. The first-order valence-corrected chi connectivity index (χ1v) is 11.7. The summed E-state index contributed by atoms with van der Waals surface area (Å²) in [6.45, 7) is 3.68. The van der Waals surface area contributed by atoms with Gasteiger partial charge < -0.3 is 11.1 Å². The van der Waals surface area contributed by atoms with Gasteiger partial charge in [-0.2, -0.15) is 0 Å². The monoisotopic (exact) mass is 408 g/mol. The number of unbranched alkanes of at least 4 members (excludes halogenated alkanes) is 11. The van der Waals surface area contributed by atoms with Gasteiger partial charge in [0, 0.05) is 12.8 Å². The van der Waals surface area contributed by atoms with Crippen molar-refractivity contribution in [3.63, 3.8) is 0 Å². The highest BCUT2D eigenvalue weighted by Gasteiger charge is 2.17. The Balaban J connectivity index is 3.54. The molecule has 0 fully saturated rings. The van der Waals surface area contributed by atoms with Gasteiger partial charge >= 0.3 is 0 Å². The van der Waals surface area contributed by atoms with E-state index < -0.39 is 11.9 Å². The number of amides is 2. The van der Waals surface area contributed by atoms with Crippen molar-refractivity contribution in [1.29, 1.82) is 0 Å². The molecule has 0 rings (SSSR count). The van der Waals surface area contributed by atoms with Crippen molar-refractivity contribution in [3.05, 3.63) is 12.2 Å². The molecule has 168 valence electrons. The number of Topliss-reactive ketones (excluding diaryl/α,β-unsaturated/α-hetero) is 1. The molecule has 0 aromatic rings. The van der Waals surface area contributed by atoms with Crippen molar-refractivity contribution in [2.75, 3.05) is 0 Å². The second-order valence-corrected chi connectivity index (χ2v) is 8.07. The molecule has 2 amide bonds. The highest BCUT2D eigenvalue weighted by Crippen LogP contribution is 2.10. The summed E-state index contributed by atoms with van der Waals surface area (Å²) in [6, 6.07) is -0.599. The second-order valence-electron chi connectivity index (χ2n) is 8.07. The molecule has 1 atom stereocenters. The number of hydrogen-bond acceptors (Lipinski definition) is 3. The van der Waals surface area contributed by atoms with Gasteiger partial charge in [-0.3, -0.25) is 14.4 Å². The van der Waals surface area contributed by atoms with E-state index in [1.54, 1.807) is 0 Å². The molecule has 0 saturated heterocycles. The van der Waals surface area contributed by atoms with Gasteiger partial charge in [-0.25, -0.2) is 0 Å². The van der Waals surface area contributed by atoms with E-state index in [0.717, 1.165) is 25.7 Å². The van der Waals surface area contributed by atoms with Gasteiger partial charge in [0.1, 0.15) is 0 Å². The number of allylic oxidation sites excluding steroid dienone is 2. The van der Waals surface area contributed by atoms with Crippen molar-refractivity contribution in [3.8, 4) is 0 Å². The van der Waals surface area contributed by atoms with Gasteiger partial charge in [0.2, 0.25) is 11.8 Å². The van der Waals surface area contributed by atoms with Crippen LogP contribution in [0.15, 0.2) is 12.2 Å². The average Bonchev–Trinajstić information content (AvgIpc) is 2.67. The summed E-state index contributed by atoms with van der Waals surface area (Å²) in [7, 11) is 0. The summed E-state index contributed by atoms with van der Waals surface area (Å²) in [5.41, 5.74) is 5.10. The maximum absolute atomic E-state index is 11.9. The Hall–Kier alpha value is -1.65. The van der Waals surface area contributed by atoms with Gasteiger partial charge in [0.25, 0.3) is 0 Å². The number of ketones is 1. The third-order valence-electron chi connectivity index (χ3n) is 5.17. The normalized spacial score (nSPS) is 12.2. The summed E-state index contributed by atoms with van der Waals surface area (Å²) < 4.78 is 0. The zero-order valence-electron chi connectivity index (χ0n) is 18.8. The largest absolute Gasteiger partial charge is 0.370 e. The highest BCUT2D eigenvalue weighted by atomic mass is 16.2. The van der Waals surface area contributed by atoms with E-state index in [2.05, 4.69) is 24.4 Å². The Morgan fingerprint density at radius 3 is 1.83 bits per heavy atom. The van der Waals surface area contributed by atoms with Crippen LogP contribution in [0.1, 0.15) is 117 Å². The maximum atomic E-state index is 11.9. The van der Waals surface area contributed by atoms with Crippen LogP contribution in [0.4, 0.5) is 0 Å². The van der Waals surface area contributed by atoms with E-state index in [1.165, 1.54) is 64.7 Å². The Bertz CT molecular complexity index is 475. The Labute approximate surface area is 178 Å². The molecule has 5 nitrogen and oxygen atoms in total. The van der Waals surface area contributed by atoms with Gasteiger partial charge in [0.05, 0.1) is 6.04 Å². The molecule has 5 heteroatoms. The zero-order chi connectivity index (χ0) is 21.7. The van der Waals surface area contributed by atoms with Crippen LogP contribution in [0, 0.1) is 0 Å². The summed E-state index contributed by atoms with van der Waals surface area (Å²) in [5, 5.41) is 2.72. The minimum Gasteiger partial charge on any atom is -0.370 e. The number of hydrogen-bond donors (Lipinski definition) is 2. The van der Waals surface area contributed by atoms with Crippen LogP contribution < -0.4 is 11.1 Å². The standard InChI is InChI=1S/C24H44N2O3/c1-3-4-5-6-7-8-9-10-11-12-13-14-15-16-17-18-24(29)26-22(21(2)27)19-20-23(25)28/h10-11,22H,3-9,12-20H2,1-2H3,(H2,25,28)(H,26,29)/b11-10-. The Morgan fingerprint density at radius 2 is 1.31 bits per heavy atom. The molecule has 0 aliphatic heterocycles. The van der Waals surface area contributed by atoms with E-state index in [-0.39, 0.29) is 24.5 Å². The van der Waals surface area contributed by atoms with Crippen LogP contribution >= 0.6 is 0 Å². The SMILES string of the molecule is CCCCCCCC/C=C\CCCCCCCC(=O)NC(CCC(N)=O)C(C)=O. The van der Waals surface area contributed by atoms with Crippen LogP contribution in [-0.4, -0.2) is 23.6 Å². The molecule has 0 aliphatic rings. The zero-order valence-corrected chi connectivity index (χ0v) is 18.8. The van der Waals surface area contributed by atoms with E-state index in [4.69, 9.17) is 5.73 Å². The number of carbonyl (C=O) groups is 3. The molecule has 1 unspecified atom stereocenters. The van der Waals surface area contributed by atoms with Crippen molar-refractivity contribution in [1.82, 2.24) is 5.32 Å². The number of carbonyl (C=O) groups excluding carboxylic acids is 3. The maximum Gasteiger partial charge on any atom is 0.220 e. The van der Waals surface area contributed by atoms with Crippen molar-refractivity contribution in [2.45, 2.75) is 123 Å². The molecule has 0 aliphatic carbocycles. The summed E-state index contributed by atoms with van der Waals surface area (Å²) >= 11 is 0. The molecule has 0 heterocycles. The van der Waals surface area contributed by atoms with Crippen molar-refractivity contribution < 1.29 is 14.4 Å². The molecule has 0 aromatic carbocycles. The first-order chi connectivity index (χ1) is 14.0. The number of primary amides is 1. The van der Waals surface area contributed by atoms with E-state index in [0.29, 0.717) is 6.42 Å². The highest BCUT2D eigenvalue weighted by molar-refractivity contribution is 5.88. The fourth-order valence-corrected chi connectivity index (χ4v) is 3.29. The van der Waals surface area contributed by atoms with Crippen LogP contribution in [0.3, 0.4) is 0 Å². The van der Waals surface area contributed by atoms with Crippen molar-refractivity contribution in [2.24, 2.45) is 5.73 Å². The molecular formula is C24H44N2O3. The number of nitrogens with one attached hydrogen (secondary N) is 1. The first-order valence-electron chi connectivity index (χ1n) is 11.7. The van der Waals surface area contributed by atoms with Gasteiger partial charge in [-0.05, 0) is 45.4 Å². The van der Waals surface area contributed by atoms with Crippen molar-refractivity contribution >= 4 is 17.6 Å². The van der Waals surface area contributed by atoms with Gasteiger partial charge in [-0.15, -0.1) is 0 Å². The molecule has 0 spiro atoms. The molecule has 0 aromatic heterocycles. The van der Waals surface area contributed by atoms with E-state index >= 15 is 0 Å². The van der Waals surface area contributed by atoms with E-state index in [9.17, 15) is 14.4 Å². The molecule has 0 saturated carbocycles. The lowest BCUT2D eigenvalue weighted by atomic mass is 10.1. The molecular weight excluding hydrogens is 364 g/mol. The minimum absolute atomic E-state index is 0.109. The third kappa shape index (κ3) is 19.4. The Morgan fingerprint density at radius 1 is 0.793 bits per heavy atom. The van der Waals surface area contributed by atoms with Crippen LogP contribution in [0.25, 0.3) is 0 Å². The number of nitrogens with two attached hydrogens (primary N) is 1. The summed E-state index contributed by atoms with van der Waals surface area (Å²) in [6.07, 6.45) is 21.3. The first kappa shape index (κ1) is 27.4. The van der Waals surface area contributed by atoms with Crippen LogP contribution in [0.5, 0.6) is 0 Å². The third-order valence-corrected chi connectivity index (χ3v) is 5.17. The van der Waals surface area contributed by atoms with Gasteiger partial charge in [-0.1, -0.05) is 70.4 Å².